The monoisotopic (exact) mass is 500 g/mol. The summed E-state index contributed by atoms with van der Waals surface area (Å²) in [6.07, 6.45) is 8.38. The lowest BCUT2D eigenvalue weighted by atomic mass is 9.92. The minimum Gasteiger partial charge on any atom is -0.494 e. The number of fused-ring (bicyclic) bond motifs is 3. The number of carboxylic acids is 1. The first-order chi connectivity index (χ1) is 18.2. The number of rotatable bonds is 16. The Bertz CT molecular complexity index is 1080. The SMILES string of the molecule is CCCCCCCOC(Cc1ccc(OCCCCC2c3ccccc3-c3ccccc32)cc1)C(=O)O. The molecular weight excluding hydrogens is 460 g/mol. The van der Waals surface area contributed by atoms with Crippen LogP contribution in [0.1, 0.15) is 80.9 Å². The van der Waals surface area contributed by atoms with Gasteiger partial charge in [0.1, 0.15) is 5.75 Å². The quantitative estimate of drug-likeness (QED) is 0.202. The molecule has 0 bridgehead atoms. The van der Waals surface area contributed by atoms with Gasteiger partial charge >= 0.3 is 5.97 Å². The van der Waals surface area contributed by atoms with E-state index in [1.54, 1.807) is 0 Å². The highest BCUT2D eigenvalue weighted by atomic mass is 16.5. The summed E-state index contributed by atoms with van der Waals surface area (Å²) in [5.41, 5.74) is 6.59. The molecule has 0 aliphatic heterocycles. The van der Waals surface area contributed by atoms with Crippen LogP contribution in [0.2, 0.25) is 0 Å². The molecule has 0 saturated carbocycles. The van der Waals surface area contributed by atoms with Gasteiger partial charge in [-0.1, -0.05) is 93.3 Å². The van der Waals surface area contributed by atoms with Crippen LogP contribution >= 0.6 is 0 Å². The summed E-state index contributed by atoms with van der Waals surface area (Å²) in [6, 6.07) is 25.3. The van der Waals surface area contributed by atoms with Crippen molar-refractivity contribution in [1.29, 1.82) is 0 Å². The second-order valence-corrected chi connectivity index (χ2v) is 10.0. The van der Waals surface area contributed by atoms with E-state index in [2.05, 4.69) is 55.5 Å². The summed E-state index contributed by atoms with van der Waals surface area (Å²) < 4.78 is 11.6. The molecule has 0 fully saturated rings. The molecule has 0 spiro atoms. The molecule has 1 atom stereocenters. The number of ether oxygens (including phenoxy) is 2. The van der Waals surface area contributed by atoms with Gasteiger partial charge in [-0.25, -0.2) is 4.79 Å². The van der Waals surface area contributed by atoms with Crippen molar-refractivity contribution in [3.8, 4) is 16.9 Å². The summed E-state index contributed by atoms with van der Waals surface area (Å²) in [7, 11) is 0. The summed E-state index contributed by atoms with van der Waals surface area (Å²) >= 11 is 0. The molecule has 3 aromatic rings. The molecule has 4 rings (SSSR count). The summed E-state index contributed by atoms with van der Waals surface area (Å²) in [4.78, 5) is 11.6. The predicted molar refractivity (Wildman–Crippen MR) is 149 cm³/mol. The summed E-state index contributed by atoms with van der Waals surface area (Å²) in [6.45, 7) is 3.36. The minimum atomic E-state index is -0.901. The molecule has 0 saturated heterocycles. The molecule has 1 N–H and O–H groups in total. The topological polar surface area (TPSA) is 55.8 Å². The van der Waals surface area contributed by atoms with Crippen molar-refractivity contribution in [2.75, 3.05) is 13.2 Å². The van der Waals surface area contributed by atoms with Crippen LogP contribution in [0.3, 0.4) is 0 Å². The maximum Gasteiger partial charge on any atom is 0.333 e. The number of benzene rings is 3. The third kappa shape index (κ3) is 7.45. The molecule has 4 heteroatoms. The van der Waals surface area contributed by atoms with Gasteiger partial charge in [0.15, 0.2) is 6.10 Å². The molecule has 1 aliphatic carbocycles. The fourth-order valence-electron chi connectivity index (χ4n) is 5.30. The first kappa shape index (κ1) is 26.9. The van der Waals surface area contributed by atoms with Gasteiger partial charge in [0, 0.05) is 18.9 Å². The number of hydrogen-bond donors (Lipinski definition) is 1. The van der Waals surface area contributed by atoms with Crippen LogP contribution < -0.4 is 4.74 Å². The Hall–Kier alpha value is -3.11. The van der Waals surface area contributed by atoms with E-state index in [9.17, 15) is 9.90 Å². The van der Waals surface area contributed by atoms with Crippen molar-refractivity contribution in [1.82, 2.24) is 0 Å². The number of carboxylic acid groups (broad SMARTS) is 1. The van der Waals surface area contributed by atoms with Crippen LogP contribution in [0.15, 0.2) is 72.8 Å². The van der Waals surface area contributed by atoms with Crippen molar-refractivity contribution in [2.24, 2.45) is 0 Å². The molecule has 0 heterocycles. The average molecular weight is 501 g/mol. The van der Waals surface area contributed by atoms with Crippen LogP contribution in [0.5, 0.6) is 5.75 Å². The predicted octanol–water partition coefficient (Wildman–Crippen LogP) is 8.03. The Morgan fingerprint density at radius 2 is 1.41 bits per heavy atom. The fourth-order valence-corrected chi connectivity index (χ4v) is 5.30. The second kappa shape index (κ2) is 14.0. The highest BCUT2D eigenvalue weighted by molar-refractivity contribution is 5.78. The number of carbonyl (C=O) groups is 1. The molecule has 4 nitrogen and oxygen atoms in total. The van der Waals surface area contributed by atoms with Crippen molar-refractivity contribution in [3.63, 3.8) is 0 Å². The lowest BCUT2D eigenvalue weighted by molar-refractivity contribution is -0.150. The van der Waals surface area contributed by atoms with Gasteiger partial charge in [0.25, 0.3) is 0 Å². The zero-order chi connectivity index (χ0) is 25.9. The van der Waals surface area contributed by atoms with Gasteiger partial charge in [-0.05, 0) is 65.6 Å². The number of hydrogen-bond acceptors (Lipinski definition) is 3. The second-order valence-electron chi connectivity index (χ2n) is 10.0. The first-order valence-corrected chi connectivity index (χ1v) is 13.9. The smallest absolute Gasteiger partial charge is 0.333 e. The Morgan fingerprint density at radius 1 is 0.784 bits per heavy atom. The molecule has 0 amide bonds. The first-order valence-electron chi connectivity index (χ1n) is 13.9. The van der Waals surface area contributed by atoms with Gasteiger partial charge in [0.05, 0.1) is 6.61 Å². The van der Waals surface area contributed by atoms with E-state index in [1.165, 1.54) is 41.5 Å². The molecule has 1 aliphatic rings. The number of unbranched alkanes of at least 4 members (excludes halogenated alkanes) is 5. The van der Waals surface area contributed by atoms with E-state index < -0.39 is 12.1 Å². The molecule has 37 heavy (non-hydrogen) atoms. The third-order valence-corrected chi connectivity index (χ3v) is 7.31. The molecule has 196 valence electrons. The van der Waals surface area contributed by atoms with E-state index in [1.807, 2.05) is 24.3 Å². The van der Waals surface area contributed by atoms with Gasteiger partial charge in [-0.15, -0.1) is 0 Å². The normalized spacial score (nSPS) is 13.2. The summed E-state index contributed by atoms with van der Waals surface area (Å²) in [5.74, 6) is 0.387. The Morgan fingerprint density at radius 3 is 2.05 bits per heavy atom. The average Bonchev–Trinajstić information content (AvgIpc) is 3.24. The van der Waals surface area contributed by atoms with E-state index in [0.29, 0.717) is 25.6 Å². The largest absolute Gasteiger partial charge is 0.494 e. The van der Waals surface area contributed by atoms with E-state index >= 15 is 0 Å². The fraction of sp³-hybridized carbons (Fsp3) is 0.424. The third-order valence-electron chi connectivity index (χ3n) is 7.31. The van der Waals surface area contributed by atoms with Gasteiger partial charge in [-0.2, -0.15) is 0 Å². The highest BCUT2D eigenvalue weighted by Crippen LogP contribution is 2.46. The van der Waals surface area contributed by atoms with Crippen molar-refractivity contribution in [3.05, 3.63) is 89.5 Å². The van der Waals surface area contributed by atoms with Crippen LogP contribution in [-0.4, -0.2) is 30.4 Å². The summed E-state index contributed by atoms with van der Waals surface area (Å²) in [5, 5.41) is 9.53. The standard InChI is InChI=1S/C33H40O4/c1-2-3-4-5-11-23-37-32(33(34)35)24-25-18-20-26(21-19-25)36-22-12-10-17-31-29-15-8-6-13-27(29)28-14-7-9-16-30(28)31/h6-9,13-16,18-21,31-32H,2-5,10-12,17,22-24H2,1H3,(H,34,35). The molecule has 3 aromatic carbocycles. The van der Waals surface area contributed by atoms with Gasteiger partial charge in [0.2, 0.25) is 0 Å². The van der Waals surface area contributed by atoms with Gasteiger partial charge in [-0.3, -0.25) is 0 Å². The minimum absolute atomic E-state index is 0.370. The van der Waals surface area contributed by atoms with Crippen molar-refractivity contribution in [2.45, 2.75) is 76.7 Å². The van der Waals surface area contributed by atoms with E-state index in [0.717, 1.165) is 43.4 Å². The molecule has 0 radical (unpaired) electrons. The van der Waals surface area contributed by atoms with Crippen molar-refractivity contribution >= 4 is 5.97 Å². The van der Waals surface area contributed by atoms with Crippen LogP contribution in [0.25, 0.3) is 11.1 Å². The molecule has 0 aromatic heterocycles. The highest BCUT2D eigenvalue weighted by Gasteiger charge is 2.27. The zero-order valence-electron chi connectivity index (χ0n) is 22.0. The lowest BCUT2D eigenvalue weighted by Crippen LogP contribution is -2.26. The van der Waals surface area contributed by atoms with Crippen molar-refractivity contribution < 1.29 is 19.4 Å². The maximum atomic E-state index is 11.6. The van der Waals surface area contributed by atoms with Crippen LogP contribution in [0, 0.1) is 0 Å². The zero-order valence-corrected chi connectivity index (χ0v) is 22.0. The number of aliphatic carboxylic acids is 1. The van der Waals surface area contributed by atoms with E-state index in [-0.39, 0.29) is 0 Å². The molecule has 1 unspecified atom stereocenters. The van der Waals surface area contributed by atoms with Gasteiger partial charge < -0.3 is 14.6 Å². The Labute approximate surface area is 221 Å². The van der Waals surface area contributed by atoms with Crippen LogP contribution in [0.4, 0.5) is 0 Å². The Kier molecular flexibility index (Phi) is 10.2. The van der Waals surface area contributed by atoms with E-state index in [4.69, 9.17) is 9.47 Å². The molecular formula is C33H40O4. The maximum absolute atomic E-state index is 11.6. The Balaban J connectivity index is 1.18. The lowest BCUT2D eigenvalue weighted by Gasteiger charge is -2.15. The van der Waals surface area contributed by atoms with Crippen LogP contribution in [-0.2, 0) is 16.0 Å².